The highest BCUT2D eigenvalue weighted by atomic mass is 35.5. The lowest BCUT2D eigenvalue weighted by Crippen LogP contribution is -2.28. The van der Waals surface area contributed by atoms with Gasteiger partial charge >= 0.3 is 12.5 Å². The van der Waals surface area contributed by atoms with Crippen molar-refractivity contribution in [2.45, 2.75) is 30.7 Å². The van der Waals surface area contributed by atoms with Crippen LogP contribution < -0.4 is 14.8 Å². The van der Waals surface area contributed by atoms with E-state index >= 15 is 0 Å². The van der Waals surface area contributed by atoms with Crippen molar-refractivity contribution in [2.75, 3.05) is 5.32 Å². The van der Waals surface area contributed by atoms with Crippen molar-refractivity contribution in [3.63, 3.8) is 0 Å². The number of hydrogen-bond acceptors (Lipinski definition) is 4. The van der Waals surface area contributed by atoms with Gasteiger partial charge in [-0.25, -0.2) is 4.98 Å². The number of ether oxygens (including phenoxy) is 2. The van der Waals surface area contributed by atoms with Gasteiger partial charge in [0.05, 0.1) is 11.0 Å². The minimum atomic E-state index is -4.67. The summed E-state index contributed by atoms with van der Waals surface area (Å²) < 4.78 is 73.2. The van der Waals surface area contributed by atoms with E-state index in [2.05, 4.69) is 19.8 Å². The molecule has 148 valence electrons. The molecule has 4 rings (SSSR count). The van der Waals surface area contributed by atoms with Crippen molar-refractivity contribution in [1.29, 1.82) is 0 Å². The Kier molecular flexibility index (Phi) is 3.97. The molecule has 1 N–H and O–H groups in total. The van der Waals surface area contributed by atoms with Crippen molar-refractivity contribution in [3.8, 4) is 11.5 Å². The molecule has 1 saturated carbocycles. The fraction of sp³-hybridized carbons (Fsp3) is 0.294. The van der Waals surface area contributed by atoms with E-state index in [-0.39, 0.29) is 17.3 Å². The summed E-state index contributed by atoms with van der Waals surface area (Å²) in [6.07, 6.45) is -7.60. The maximum Gasteiger partial charge on any atom is 0.586 e. The summed E-state index contributed by atoms with van der Waals surface area (Å²) in [6.45, 7) is 0. The summed E-state index contributed by atoms with van der Waals surface area (Å²) in [7, 11) is 0. The lowest BCUT2D eigenvalue weighted by atomic mass is 9.94. The zero-order valence-corrected chi connectivity index (χ0v) is 14.5. The number of amides is 1. The third-order valence-electron chi connectivity index (χ3n) is 4.53. The van der Waals surface area contributed by atoms with Crippen molar-refractivity contribution in [2.24, 2.45) is 0 Å². The first-order chi connectivity index (χ1) is 13.0. The van der Waals surface area contributed by atoms with E-state index in [1.54, 1.807) is 0 Å². The fourth-order valence-corrected chi connectivity index (χ4v) is 3.23. The number of carbonyl (C=O) groups excluding carboxylic acids is 1. The highest BCUT2D eigenvalue weighted by Crippen LogP contribution is 2.52. The molecule has 1 aliphatic carbocycles. The average Bonchev–Trinajstić information content (AvgIpc) is 3.31. The lowest BCUT2D eigenvalue weighted by molar-refractivity contribution is -0.286. The van der Waals surface area contributed by atoms with Crippen LogP contribution in [0.15, 0.2) is 30.3 Å². The van der Waals surface area contributed by atoms with E-state index in [4.69, 9.17) is 11.6 Å². The summed E-state index contributed by atoms with van der Waals surface area (Å²) in [5, 5.41) is 1.63. The summed E-state index contributed by atoms with van der Waals surface area (Å²) >= 11 is 5.55. The second kappa shape index (κ2) is 5.94. The van der Waals surface area contributed by atoms with Gasteiger partial charge in [0.2, 0.25) is 5.91 Å². The van der Waals surface area contributed by atoms with Crippen LogP contribution in [0.3, 0.4) is 0 Å². The summed E-state index contributed by atoms with van der Waals surface area (Å²) in [5.41, 5.74) is -1.72. The molecule has 28 heavy (non-hydrogen) atoms. The molecule has 2 aliphatic rings. The number of aromatic nitrogens is 1. The molecule has 0 radical (unpaired) electrons. The second-order valence-electron chi connectivity index (χ2n) is 6.40. The number of hydrogen-bond donors (Lipinski definition) is 1. The number of benzene rings is 1. The fourth-order valence-electron chi connectivity index (χ4n) is 2.97. The van der Waals surface area contributed by atoms with Crippen LogP contribution in [0.4, 0.5) is 27.8 Å². The molecular weight excluding hydrogens is 411 g/mol. The first kappa shape index (κ1) is 18.7. The SMILES string of the molecule is O=C(Nc1ccc(C(F)(F)F)c(Cl)n1)C1(c2ccc3c(c2)OC(F)(F)O3)CC1. The van der Waals surface area contributed by atoms with E-state index in [1.807, 2.05) is 0 Å². The van der Waals surface area contributed by atoms with Gasteiger partial charge in [0.25, 0.3) is 0 Å². The number of alkyl halides is 5. The van der Waals surface area contributed by atoms with Gasteiger partial charge < -0.3 is 14.8 Å². The molecule has 1 amide bonds. The van der Waals surface area contributed by atoms with Crippen LogP contribution in [0.2, 0.25) is 5.15 Å². The van der Waals surface area contributed by atoms with Crippen molar-refractivity contribution >= 4 is 23.3 Å². The average molecular weight is 421 g/mol. The third-order valence-corrected chi connectivity index (χ3v) is 4.82. The summed E-state index contributed by atoms with van der Waals surface area (Å²) in [6, 6.07) is 5.72. The maximum atomic E-state index is 13.2. The highest BCUT2D eigenvalue weighted by Gasteiger charge is 2.53. The largest absolute Gasteiger partial charge is 0.586 e. The third kappa shape index (κ3) is 3.21. The number of nitrogens with one attached hydrogen (secondary N) is 1. The Morgan fingerprint density at radius 2 is 1.79 bits per heavy atom. The van der Waals surface area contributed by atoms with Crippen molar-refractivity contribution in [1.82, 2.24) is 4.98 Å². The van der Waals surface area contributed by atoms with Crippen LogP contribution in [0.5, 0.6) is 11.5 Å². The molecule has 1 aliphatic heterocycles. The Hall–Kier alpha value is -2.62. The van der Waals surface area contributed by atoms with Gasteiger partial charge in [-0.1, -0.05) is 17.7 Å². The van der Waals surface area contributed by atoms with Gasteiger partial charge in [0, 0.05) is 0 Å². The molecule has 0 spiro atoms. The number of fused-ring (bicyclic) bond motifs is 1. The number of halogens is 6. The molecule has 0 atom stereocenters. The Balaban J connectivity index is 1.55. The number of nitrogens with zero attached hydrogens (tertiary/aromatic N) is 1. The summed E-state index contributed by atoms with van der Waals surface area (Å²) in [4.78, 5) is 16.2. The first-order valence-corrected chi connectivity index (χ1v) is 8.34. The molecule has 5 nitrogen and oxygen atoms in total. The van der Waals surface area contributed by atoms with Gasteiger partial charge in [-0.05, 0) is 42.7 Å². The quantitative estimate of drug-likeness (QED) is 0.575. The molecule has 2 aromatic rings. The van der Waals surface area contributed by atoms with Crippen LogP contribution in [-0.4, -0.2) is 17.2 Å². The van der Waals surface area contributed by atoms with E-state index in [9.17, 15) is 26.7 Å². The monoisotopic (exact) mass is 420 g/mol. The predicted octanol–water partition coefficient (Wildman–Crippen LogP) is 4.75. The highest BCUT2D eigenvalue weighted by molar-refractivity contribution is 6.30. The van der Waals surface area contributed by atoms with Gasteiger partial charge in [-0.15, -0.1) is 8.78 Å². The van der Waals surface area contributed by atoms with E-state index < -0.39 is 34.5 Å². The molecule has 1 aromatic heterocycles. The van der Waals surface area contributed by atoms with Gasteiger partial charge in [-0.2, -0.15) is 13.2 Å². The second-order valence-corrected chi connectivity index (χ2v) is 6.76. The number of rotatable bonds is 3. The zero-order chi connectivity index (χ0) is 20.3. The molecule has 0 saturated heterocycles. The number of carbonyl (C=O) groups is 1. The lowest BCUT2D eigenvalue weighted by Gasteiger charge is -2.16. The summed E-state index contributed by atoms with van der Waals surface area (Å²) in [5.74, 6) is -1.04. The van der Waals surface area contributed by atoms with Gasteiger partial charge in [0.1, 0.15) is 11.0 Å². The standard InChI is InChI=1S/C17H10ClF5N2O3/c18-13-9(16(19,20)21)2-4-12(24-13)25-14(26)15(5-6-15)8-1-3-10-11(7-8)28-17(22,23)27-10/h1-4,7H,5-6H2,(H,24,25,26). The zero-order valence-electron chi connectivity index (χ0n) is 13.7. The van der Waals surface area contributed by atoms with E-state index in [0.29, 0.717) is 24.5 Å². The molecule has 0 bridgehead atoms. The Labute approximate surface area is 159 Å². The van der Waals surface area contributed by atoms with Gasteiger partial charge in [0.15, 0.2) is 11.5 Å². The molecule has 1 aromatic carbocycles. The topological polar surface area (TPSA) is 60.5 Å². The smallest absolute Gasteiger partial charge is 0.395 e. The van der Waals surface area contributed by atoms with Crippen LogP contribution in [0, 0.1) is 0 Å². The molecule has 0 unspecified atom stereocenters. The van der Waals surface area contributed by atoms with Crippen LogP contribution in [0.1, 0.15) is 24.0 Å². The maximum absolute atomic E-state index is 13.2. The Bertz CT molecular complexity index is 976. The molecular formula is C17H10ClF5N2O3. The van der Waals surface area contributed by atoms with E-state index in [1.165, 1.54) is 18.2 Å². The Morgan fingerprint density at radius 1 is 1.11 bits per heavy atom. The van der Waals surface area contributed by atoms with Gasteiger partial charge in [-0.3, -0.25) is 4.79 Å². The first-order valence-electron chi connectivity index (χ1n) is 7.96. The Morgan fingerprint density at radius 3 is 2.39 bits per heavy atom. The van der Waals surface area contributed by atoms with Crippen molar-refractivity contribution < 1.29 is 36.2 Å². The number of pyridine rings is 1. The van der Waals surface area contributed by atoms with E-state index in [0.717, 1.165) is 6.07 Å². The minimum Gasteiger partial charge on any atom is -0.395 e. The molecule has 11 heteroatoms. The number of anilines is 1. The van der Waals surface area contributed by atoms with Crippen molar-refractivity contribution in [3.05, 3.63) is 46.6 Å². The van der Waals surface area contributed by atoms with Crippen LogP contribution in [0.25, 0.3) is 0 Å². The molecule has 2 heterocycles. The molecule has 1 fully saturated rings. The van der Waals surface area contributed by atoms with Crippen LogP contribution in [-0.2, 0) is 16.4 Å². The van der Waals surface area contributed by atoms with Crippen LogP contribution >= 0.6 is 11.6 Å². The normalized spacial score (nSPS) is 18.6. The minimum absolute atomic E-state index is 0.151. The predicted molar refractivity (Wildman–Crippen MR) is 86.4 cm³/mol.